The van der Waals surface area contributed by atoms with E-state index >= 15 is 0 Å². The average molecular weight is 259 g/mol. The van der Waals surface area contributed by atoms with Gasteiger partial charge in [-0.3, -0.25) is 0 Å². The van der Waals surface area contributed by atoms with Gasteiger partial charge >= 0.3 is 0 Å². The van der Waals surface area contributed by atoms with Crippen molar-refractivity contribution in [2.24, 2.45) is 0 Å². The highest BCUT2D eigenvalue weighted by atomic mass is 15.5. The Morgan fingerprint density at radius 1 is 0.950 bits per heavy atom. The van der Waals surface area contributed by atoms with Crippen LogP contribution in [0.5, 0.6) is 0 Å². The normalized spacial score (nSPS) is 12.0. The van der Waals surface area contributed by atoms with Crippen molar-refractivity contribution in [3.05, 3.63) is 54.9 Å². The van der Waals surface area contributed by atoms with Gasteiger partial charge in [-0.1, -0.05) is 28.9 Å². The summed E-state index contributed by atoms with van der Waals surface area (Å²) >= 11 is 0. The predicted octanol–water partition coefficient (Wildman–Crippen LogP) is 1.73. The van der Waals surface area contributed by atoms with Gasteiger partial charge in [-0.15, -0.1) is 5.10 Å². The highest BCUT2D eigenvalue weighted by Crippen LogP contribution is 2.21. The van der Waals surface area contributed by atoms with Crippen LogP contribution in [0.25, 0.3) is 33.1 Å². The molecule has 3 heterocycles. The summed E-state index contributed by atoms with van der Waals surface area (Å²) < 4.78 is 3.63. The number of fused-ring (bicyclic) bond motifs is 5. The van der Waals surface area contributed by atoms with Gasteiger partial charge in [-0.25, -0.2) is 4.98 Å². The second-order valence-corrected chi connectivity index (χ2v) is 4.81. The van der Waals surface area contributed by atoms with Crippen LogP contribution in [0.2, 0.25) is 0 Å². The molecule has 0 aliphatic carbocycles. The summed E-state index contributed by atoms with van der Waals surface area (Å²) in [6.45, 7) is 0. The van der Waals surface area contributed by atoms with Gasteiger partial charge in [-0.05, 0) is 22.9 Å². The third kappa shape index (κ3) is 1.19. The Kier molecular flexibility index (Phi) is 1.65. The van der Waals surface area contributed by atoms with Crippen LogP contribution in [-0.2, 0) is 0 Å². The maximum absolute atomic E-state index is 4.71. The summed E-state index contributed by atoms with van der Waals surface area (Å²) in [5.41, 5.74) is 3.20. The van der Waals surface area contributed by atoms with Crippen LogP contribution in [-0.4, -0.2) is 14.5 Å². The van der Waals surface area contributed by atoms with Crippen LogP contribution in [0.3, 0.4) is 0 Å². The maximum atomic E-state index is 4.71. The molecule has 0 amide bonds. The van der Waals surface area contributed by atoms with Gasteiger partial charge in [0.2, 0.25) is 6.20 Å². The minimum Gasteiger partial charge on any atom is -0.352 e. The lowest BCUT2D eigenvalue weighted by Gasteiger charge is -2.03. The van der Waals surface area contributed by atoms with E-state index in [4.69, 9.17) is 4.98 Å². The van der Waals surface area contributed by atoms with Crippen molar-refractivity contribution in [3.8, 4) is 0 Å². The highest BCUT2D eigenvalue weighted by molar-refractivity contribution is 5.96. The SMILES string of the molecule is c1ccc2cc3nc4c(nc3cc2c1)[n-][n+]1cccn41. The first-order valence-electron chi connectivity index (χ1n) is 6.41. The second-order valence-electron chi connectivity index (χ2n) is 4.81. The molecule has 0 aliphatic heterocycles. The zero-order valence-electron chi connectivity index (χ0n) is 10.4. The molecule has 0 unspecified atom stereocenters. The summed E-state index contributed by atoms with van der Waals surface area (Å²) in [7, 11) is 0. The summed E-state index contributed by atoms with van der Waals surface area (Å²) in [5.74, 6) is 0. The lowest BCUT2D eigenvalue weighted by molar-refractivity contribution is -0.674. The van der Waals surface area contributed by atoms with E-state index in [1.54, 1.807) is 4.63 Å². The number of hydrogen-bond acceptors (Lipinski definition) is 2. The van der Waals surface area contributed by atoms with Crippen molar-refractivity contribution in [2.75, 3.05) is 0 Å². The zero-order chi connectivity index (χ0) is 13.1. The van der Waals surface area contributed by atoms with Crippen LogP contribution >= 0.6 is 0 Å². The molecular weight excluding hydrogens is 250 g/mol. The Morgan fingerprint density at radius 2 is 1.70 bits per heavy atom. The molecule has 0 saturated carbocycles. The molecule has 20 heavy (non-hydrogen) atoms. The number of nitrogens with zero attached hydrogens (tertiary/aromatic N) is 5. The molecule has 3 aromatic heterocycles. The van der Waals surface area contributed by atoms with E-state index in [1.807, 2.05) is 35.1 Å². The molecule has 0 radical (unpaired) electrons. The predicted molar refractivity (Wildman–Crippen MR) is 74.5 cm³/mol. The molecule has 2 aromatic carbocycles. The van der Waals surface area contributed by atoms with Crippen molar-refractivity contribution in [1.82, 2.24) is 19.6 Å². The summed E-state index contributed by atoms with van der Waals surface area (Å²) in [6.07, 6.45) is 3.81. The second kappa shape index (κ2) is 3.33. The molecule has 0 spiro atoms. The molecule has 0 fully saturated rings. The lowest BCUT2D eigenvalue weighted by atomic mass is 10.1. The molecule has 0 saturated heterocycles. The fourth-order valence-corrected chi connectivity index (χ4v) is 2.63. The van der Waals surface area contributed by atoms with E-state index < -0.39 is 0 Å². The zero-order valence-corrected chi connectivity index (χ0v) is 10.4. The van der Waals surface area contributed by atoms with Crippen LogP contribution in [0.1, 0.15) is 0 Å². The van der Waals surface area contributed by atoms with Gasteiger partial charge in [0.05, 0.1) is 5.52 Å². The first-order chi connectivity index (χ1) is 9.88. The summed E-state index contributed by atoms with van der Waals surface area (Å²) in [5, 5.41) is 6.75. The Bertz CT molecular complexity index is 1100. The van der Waals surface area contributed by atoms with Crippen LogP contribution in [0.4, 0.5) is 0 Å². The van der Waals surface area contributed by atoms with Crippen molar-refractivity contribution in [3.63, 3.8) is 0 Å². The van der Waals surface area contributed by atoms with E-state index in [0.717, 1.165) is 16.7 Å². The van der Waals surface area contributed by atoms with E-state index in [0.29, 0.717) is 5.65 Å². The number of rotatable bonds is 0. The number of hydrogen-bond donors (Lipinski definition) is 0. The van der Waals surface area contributed by atoms with Gasteiger partial charge in [0.15, 0.2) is 5.65 Å². The molecule has 94 valence electrons. The topological polar surface area (TPSA) is 48.4 Å². The molecule has 0 atom stereocenters. The molecule has 0 aliphatic rings. The van der Waals surface area contributed by atoms with E-state index in [9.17, 15) is 0 Å². The molecule has 0 bridgehead atoms. The lowest BCUT2D eigenvalue weighted by Crippen LogP contribution is -2.28. The molecule has 5 heteroatoms. The van der Waals surface area contributed by atoms with E-state index in [-0.39, 0.29) is 0 Å². The van der Waals surface area contributed by atoms with Gasteiger partial charge in [0.1, 0.15) is 5.65 Å². The summed E-state index contributed by atoms with van der Waals surface area (Å²) in [4.78, 5) is 9.33. The van der Waals surface area contributed by atoms with Crippen molar-refractivity contribution >= 4 is 33.1 Å². The minimum absolute atomic E-state index is 0.661. The molecule has 5 nitrogen and oxygen atoms in total. The Balaban J connectivity index is 2.01. The standard InChI is InChI=1S/C15H9N5/c1-2-5-11-9-13-12(8-10(11)4-1)16-14-15(17-13)19-6-3-7-20(19)18-14/h1-9H. The minimum atomic E-state index is 0.661. The van der Waals surface area contributed by atoms with Gasteiger partial charge in [0, 0.05) is 17.8 Å². The average Bonchev–Trinajstić information content (AvgIpc) is 3.03. The third-order valence-electron chi connectivity index (χ3n) is 3.58. The Morgan fingerprint density at radius 3 is 2.50 bits per heavy atom. The van der Waals surface area contributed by atoms with Gasteiger partial charge in [0.25, 0.3) is 0 Å². The number of aromatic nitrogens is 5. The fraction of sp³-hybridized carbons (Fsp3) is 0. The van der Waals surface area contributed by atoms with Crippen molar-refractivity contribution < 1.29 is 4.63 Å². The van der Waals surface area contributed by atoms with Gasteiger partial charge < -0.3 is 4.98 Å². The monoisotopic (exact) mass is 259 g/mol. The highest BCUT2D eigenvalue weighted by Gasteiger charge is 2.07. The van der Waals surface area contributed by atoms with Crippen LogP contribution in [0.15, 0.2) is 54.9 Å². The maximum Gasteiger partial charge on any atom is 0.203 e. The fourth-order valence-electron chi connectivity index (χ4n) is 2.63. The quantitative estimate of drug-likeness (QED) is 0.314. The Labute approximate surface area is 113 Å². The molecule has 5 rings (SSSR count). The third-order valence-corrected chi connectivity index (χ3v) is 3.58. The Hall–Kier alpha value is -2.95. The van der Waals surface area contributed by atoms with Crippen LogP contribution in [0, 0.1) is 0 Å². The largest absolute Gasteiger partial charge is 0.352 e. The first kappa shape index (κ1) is 9.91. The van der Waals surface area contributed by atoms with Crippen molar-refractivity contribution in [1.29, 1.82) is 0 Å². The molecule has 0 N–H and O–H groups in total. The molecular formula is C15H9N5. The molecule has 5 aromatic rings. The first-order valence-corrected chi connectivity index (χ1v) is 6.41. The van der Waals surface area contributed by atoms with E-state index in [1.165, 1.54) is 10.8 Å². The smallest absolute Gasteiger partial charge is 0.203 e. The summed E-state index contributed by atoms with van der Waals surface area (Å²) in [6, 6.07) is 14.3. The van der Waals surface area contributed by atoms with Gasteiger partial charge in [-0.2, -0.15) is 4.52 Å². The van der Waals surface area contributed by atoms with Crippen LogP contribution < -0.4 is 9.73 Å². The van der Waals surface area contributed by atoms with Crippen molar-refractivity contribution in [2.45, 2.75) is 0 Å². The van der Waals surface area contributed by atoms with E-state index in [2.05, 4.69) is 34.3 Å². The number of benzene rings is 2.